The number of aliphatic carboxylic acids is 1. The molecule has 0 radical (unpaired) electrons. The molecule has 6 heteroatoms. The molecule has 6 nitrogen and oxygen atoms in total. The summed E-state index contributed by atoms with van der Waals surface area (Å²) in [5.74, 6) is -0.617. The summed E-state index contributed by atoms with van der Waals surface area (Å²) >= 11 is 0. The van der Waals surface area contributed by atoms with Gasteiger partial charge in [0.1, 0.15) is 0 Å². The van der Waals surface area contributed by atoms with Crippen LogP contribution in [0.3, 0.4) is 0 Å². The zero-order valence-corrected chi connectivity index (χ0v) is 10.6. The molecule has 0 aromatic carbocycles. The van der Waals surface area contributed by atoms with Crippen LogP contribution >= 0.6 is 0 Å². The van der Waals surface area contributed by atoms with Crippen LogP contribution in [0.4, 0.5) is 0 Å². The maximum atomic E-state index is 12.2. The van der Waals surface area contributed by atoms with E-state index in [1.54, 1.807) is 0 Å². The third kappa shape index (κ3) is 3.43. The lowest BCUT2D eigenvalue weighted by Crippen LogP contribution is -2.55. The standard InChI is InChI=1S/C12H21N3O3/c16-11(17)9-14-5-7-15(8-6-14)12(18)10-3-1-2-4-13-10/h10,13H,1-9H2,(H,16,17)/t10-/m0/s1. The number of hydrogen-bond donors (Lipinski definition) is 2. The van der Waals surface area contributed by atoms with Gasteiger partial charge in [-0.3, -0.25) is 14.5 Å². The van der Waals surface area contributed by atoms with Crippen LogP contribution in [-0.2, 0) is 9.59 Å². The van der Waals surface area contributed by atoms with Crippen LogP contribution in [0, 0.1) is 0 Å². The normalized spacial score (nSPS) is 26.0. The smallest absolute Gasteiger partial charge is 0.317 e. The van der Waals surface area contributed by atoms with Crippen molar-refractivity contribution in [2.24, 2.45) is 0 Å². The number of carboxylic acid groups (broad SMARTS) is 1. The first kappa shape index (κ1) is 13.3. The van der Waals surface area contributed by atoms with E-state index >= 15 is 0 Å². The lowest BCUT2D eigenvalue weighted by atomic mass is 10.0. The second kappa shape index (κ2) is 6.15. The summed E-state index contributed by atoms with van der Waals surface area (Å²) in [5, 5.41) is 12.0. The number of piperazine rings is 1. The Kier molecular flexibility index (Phi) is 4.54. The predicted molar refractivity (Wildman–Crippen MR) is 66.3 cm³/mol. The Morgan fingerprint density at radius 3 is 2.44 bits per heavy atom. The third-order valence-electron chi connectivity index (χ3n) is 3.65. The molecule has 0 aromatic rings. The summed E-state index contributed by atoms with van der Waals surface area (Å²) < 4.78 is 0. The summed E-state index contributed by atoms with van der Waals surface area (Å²) in [6, 6.07) is -0.0234. The summed E-state index contributed by atoms with van der Waals surface area (Å²) in [6.45, 7) is 3.60. The molecule has 2 N–H and O–H groups in total. The van der Waals surface area contributed by atoms with Gasteiger partial charge >= 0.3 is 5.97 Å². The topological polar surface area (TPSA) is 72.9 Å². The van der Waals surface area contributed by atoms with E-state index in [4.69, 9.17) is 5.11 Å². The molecule has 2 saturated heterocycles. The summed E-state index contributed by atoms with van der Waals surface area (Å²) in [7, 11) is 0. The van der Waals surface area contributed by atoms with Gasteiger partial charge in [-0.25, -0.2) is 0 Å². The summed E-state index contributed by atoms with van der Waals surface area (Å²) in [6.07, 6.45) is 3.19. The first-order valence-electron chi connectivity index (χ1n) is 6.63. The minimum absolute atomic E-state index is 0.0234. The third-order valence-corrected chi connectivity index (χ3v) is 3.65. The van der Waals surface area contributed by atoms with Gasteiger partial charge in [-0.15, -0.1) is 0 Å². The van der Waals surface area contributed by atoms with Crippen LogP contribution < -0.4 is 5.32 Å². The molecule has 2 heterocycles. The maximum Gasteiger partial charge on any atom is 0.317 e. The van der Waals surface area contributed by atoms with E-state index in [1.165, 1.54) is 0 Å². The van der Waals surface area contributed by atoms with Crippen molar-refractivity contribution in [2.45, 2.75) is 25.3 Å². The summed E-state index contributed by atoms with van der Waals surface area (Å²) in [4.78, 5) is 26.5. The molecular formula is C12H21N3O3. The van der Waals surface area contributed by atoms with Crippen molar-refractivity contribution in [3.8, 4) is 0 Å². The molecule has 2 aliphatic heterocycles. The van der Waals surface area contributed by atoms with E-state index in [0.29, 0.717) is 26.2 Å². The van der Waals surface area contributed by atoms with Crippen molar-refractivity contribution in [1.82, 2.24) is 15.1 Å². The highest BCUT2D eigenvalue weighted by molar-refractivity contribution is 5.82. The Labute approximate surface area is 107 Å². The number of hydrogen-bond acceptors (Lipinski definition) is 4. The van der Waals surface area contributed by atoms with E-state index < -0.39 is 5.97 Å². The van der Waals surface area contributed by atoms with Crippen LogP contribution in [0.5, 0.6) is 0 Å². The highest BCUT2D eigenvalue weighted by Crippen LogP contribution is 2.11. The molecule has 102 valence electrons. The molecule has 0 saturated carbocycles. The average molecular weight is 255 g/mol. The quantitative estimate of drug-likeness (QED) is 0.701. The molecule has 0 aromatic heterocycles. The van der Waals surface area contributed by atoms with Crippen molar-refractivity contribution >= 4 is 11.9 Å². The van der Waals surface area contributed by atoms with Gasteiger partial charge in [-0.2, -0.15) is 0 Å². The van der Waals surface area contributed by atoms with Crippen molar-refractivity contribution in [3.63, 3.8) is 0 Å². The molecule has 0 unspecified atom stereocenters. The van der Waals surface area contributed by atoms with Gasteiger partial charge in [0.25, 0.3) is 0 Å². The van der Waals surface area contributed by atoms with Crippen molar-refractivity contribution in [1.29, 1.82) is 0 Å². The zero-order chi connectivity index (χ0) is 13.0. The molecule has 2 rings (SSSR count). The average Bonchev–Trinajstić information content (AvgIpc) is 2.39. The first-order chi connectivity index (χ1) is 8.66. The van der Waals surface area contributed by atoms with Crippen LogP contribution in [-0.4, -0.2) is 72.1 Å². The molecule has 1 atom stereocenters. The number of nitrogens with zero attached hydrogens (tertiary/aromatic N) is 2. The van der Waals surface area contributed by atoms with Crippen LogP contribution in [0.15, 0.2) is 0 Å². The number of carboxylic acids is 1. The molecule has 0 spiro atoms. The van der Waals surface area contributed by atoms with Gasteiger partial charge in [-0.05, 0) is 19.4 Å². The molecule has 1 amide bonds. The van der Waals surface area contributed by atoms with Crippen LogP contribution in [0.2, 0.25) is 0 Å². The molecule has 0 aliphatic carbocycles. The fourth-order valence-electron chi connectivity index (χ4n) is 2.60. The van der Waals surface area contributed by atoms with E-state index in [0.717, 1.165) is 25.8 Å². The van der Waals surface area contributed by atoms with E-state index in [1.807, 2.05) is 9.80 Å². The number of carbonyl (C=O) groups is 2. The fraction of sp³-hybridized carbons (Fsp3) is 0.833. The SMILES string of the molecule is O=C(O)CN1CCN(C(=O)[C@@H]2CCCCN2)CC1. The largest absolute Gasteiger partial charge is 0.480 e. The van der Waals surface area contributed by atoms with Crippen molar-refractivity contribution in [2.75, 3.05) is 39.3 Å². The zero-order valence-electron chi connectivity index (χ0n) is 10.6. The Morgan fingerprint density at radius 2 is 1.89 bits per heavy atom. The number of amides is 1. The Morgan fingerprint density at radius 1 is 1.17 bits per heavy atom. The Bertz CT molecular complexity index is 308. The minimum atomic E-state index is -0.802. The number of piperidine rings is 1. The predicted octanol–water partition coefficient (Wildman–Crippen LogP) is -0.643. The molecule has 2 aliphatic rings. The molecular weight excluding hydrogens is 234 g/mol. The maximum absolute atomic E-state index is 12.2. The van der Waals surface area contributed by atoms with Gasteiger partial charge in [0, 0.05) is 26.2 Å². The molecule has 0 bridgehead atoms. The second-order valence-electron chi connectivity index (χ2n) is 5.00. The first-order valence-corrected chi connectivity index (χ1v) is 6.63. The van der Waals surface area contributed by atoms with Gasteiger partial charge in [0.15, 0.2) is 0 Å². The number of rotatable bonds is 3. The van der Waals surface area contributed by atoms with E-state index in [9.17, 15) is 9.59 Å². The number of carbonyl (C=O) groups excluding carboxylic acids is 1. The Hall–Kier alpha value is -1.14. The minimum Gasteiger partial charge on any atom is -0.480 e. The monoisotopic (exact) mass is 255 g/mol. The molecule has 18 heavy (non-hydrogen) atoms. The van der Waals surface area contributed by atoms with Gasteiger partial charge < -0.3 is 15.3 Å². The van der Waals surface area contributed by atoms with Gasteiger partial charge in [0.2, 0.25) is 5.91 Å². The van der Waals surface area contributed by atoms with E-state index in [-0.39, 0.29) is 18.5 Å². The van der Waals surface area contributed by atoms with Crippen molar-refractivity contribution < 1.29 is 14.7 Å². The van der Waals surface area contributed by atoms with Gasteiger partial charge in [0.05, 0.1) is 12.6 Å². The highest BCUT2D eigenvalue weighted by atomic mass is 16.4. The Balaban J connectivity index is 1.78. The molecule has 2 fully saturated rings. The highest BCUT2D eigenvalue weighted by Gasteiger charge is 2.28. The van der Waals surface area contributed by atoms with Gasteiger partial charge in [-0.1, -0.05) is 6.42 Å². The van der Waals surface area contributed by atoms with Crippen molar-refractivity contribution in [3.05, 3.63) is 0 Å². The second-order valence-corrected chi connectivity index (χ2v) is 5.00. The lowest BCUT2D eigenvalue weighted by Gasteiger charge is -2.36. The van der Waals surface area contributed by atoms with Crippen LogP contribution in [0.25, 0.3) is 0 Å². The lowest BCUT2D eigenvalue weighted by molar-refractivity contribution is -0.140. The van der Waals surface area contributed by atoms with E-state index in [2.05, 4.69) is 5.32 Å². The number of nitrogens with one attached hydrogen (secondary N) is 1. The fourth-order valence-corrected chi connectivity index (χ4v) is 2.60. The summed E-state index contributed by atoms with van der Waals surface area (Å²) in [5.41, 5.74) is 0. The van der Waals surface area contributed by atoms with Crippen LogP contribution in [0.1, 0.15) is 19.3 Å².